The van der Waals surface area contributed by atoms with Gasteiger partial charge in [-0.2, -0.15) is 0 Å². The van der Waals surface area contributed by atoms with Crippen LogP contribution in [0.5, 0.6) is 0 Å². The van der Waals surface area contributed by atoms with E-state index < -0.39 is 10.0 Å². The monoisotopic (exact) mass is 220 g/mol. The van der Waals surface area contributed by atoms with Crippen molar-refractivity contribution in [2.45, 2.75) is 32.2 Å². The number of hydrogen-bond acceptors (Lipinski definition) is 3. The summed E-state index contributed by atoms with van der Waals surface area (Å²) in [5, 5.41) is 2.99. The molecule has 84 valence electrons. The fourth-order valence-electron chi connectivity index (χ4n) is 1.15. The summed E-state index contributed by atoms with van der Waals surface area (Å²) in [6.07, 6.45) is 3.24. The van der Waals surface area contributed by atoms with Crippen molar-refractivity contribution in [1.29, 1.82) is 0 Å². The Balaban J connectivity index is 2.18. The minimum Gasteiger partial charge on any atom is -0.316 e. The van der Waals surface area contributed by atoms with Crippen molar-refractivity contribution in [3.05, 3.63) is 0 Å². The maximum atomic E-state index is 11.4. The second-order valence-corrected chi connectivity index (χ2v) is 6.02. The largest absolute Gasteiger partial charge is 0.316 e. The van der Waals surface area contributed by atoms with Crippen LogP contribution in [0, 0.1) is 5.92 Å². The third-order valence-electron chi connectivity index (χ3n) is 2.59. The third kappa shape index (κ3) is 4.93. The number of nitrogens with one attached hydrogen (secondary N) is 2. The molecule has 0 spiro atoms. The molecule has 0 amide bonds. The first kappa shape index (κ1) is 11.9. The van der Waals surface area contributed by atoms with Crippen molar-refractivity contribution in [1.82, 2.24) is 10.0 Å². The summed E-state index contributed by atoms with van der Waals surface area (Å²) in [4.78, 5) is 0. The molecule has 1 aliphatic rings. The fourth-order valence-corrected chi connectivity index (χ4v) is 2.45. The zero-order valence-electron chi connectivity index (χ0n) is 8.91. The van der Waals surface area contributed by atoms with Gasteiger partial charge in [-0.05, 0) is 26.3 Å². The normalized spacial score (nSPS) is 19.6. The fraction of sp³-hybridized carbons (Fsp3) is 1.00. The predicted molar refractivity (Wildman–Crippen MR) is 57.7 cm³/mol. The summed E-state index contributed by atoms with van der Waals surface area (Å²) >= 11 is 0. The highest BCUT2D eigenvalue weighted by atomic mass is 32.2. The molecule has 0 aromatic rings. The minimum absolute atomic E-state index is 0.186. The Kier molecular flexibility index (Phi) is 4.34. The van der Waals surface area contributed by atoms with E-state index in [-0.39, 0.29) is 11.8 Å². The minimum atomic E-state index is -3.03. The molecular weight excluding hydrogens is 200 g/mol. The van der Waals surface area contributed by atoms with Gasteiger partial charge in [0.25, 0.3) is 0 Å². The summed E-state index contributed by atoms with van der Waals surface area (Å²) in [6.45, 7) is 2.42. The van der Waals surface area contributed by atoms with Crippen molar-refractivity contribution in [3.8, 4) is 0 Å². The molecule has 1 atom stereocenters. The lowest BCUT2D eigenvalue weighted by atomic mass is 10.3. The molecular formula is C9H20N2O2S. The lowest BCUT2D eigenvalue weighted by Gasteiger charge is -2.11. The summed E-state index contributed by atoms with van der Waals surface area (Å²) in [6, 6.07) is 0.186. The van der Waals surface area contributed by atoms with Gasteiger partial charge < -0.3 is 5.32 Å². The smallest absolute Gasteiger partial charge is 0.211 e. The predicted octanol–water partition coefficient (Wildman–Crippen LogP) is 0.314. The van der Waals surface area contributed by atoms with E-state index in [9.17, 15) is 8.42 Å². The molecule has 4 nitrogen and oxygen atoms in total. The summed E-state index contributed by atoms with van der Waals surface area (Å²) in [5.74, 6) is 0.960. The van der Waals surface area contributed by atoms with E-state index in [1.807, 2.05) is 14.0 Å². The van der Waals surface area contributed by atoms with Crippen LogP contribution in [0.25, 0.3) is 0 Å². The van der Waals surface area contributed by atoms with Gasteiger partial charge in [-0.15, -0.1) is 0 Å². The molecule has 1 rings (SSSR count). The first-order chi connectivity index (χ1) is 6.53. The highest BCUT2D eigenvalue weighted by Gasteiger charge is 2.23. The first-order valence-corrected chi connectivity index (χ1v) is 6.83. The van der Waals surface area contributed by atoms with Gasteiger partial charge in [-0.3, -0.25) is 0 Å². The van der Waals surface area contributed by atoms with Crippen molar-refractivity contribution in [2.24, 2.45) is 5.92 Å². The van der Waals surface area contributed by atoms with E-state index in [2.05, 4.69) is 10.0 Å². The zero-order valence-corrected chi connectivity index (χ0v) is 9.73. The van der Waals surface area contributed by atoms with Crippen LogP contribution >= 0.6 is 0 Å². The van der Waals surface area contributed by atoms with E-state index >= 15 is 0 Å². The zero-order chi connectivity index (χ0) is 10.6. The number of sulfonamides is 1. The molecule has 0 aliphatic heterocycles. The summed E-state index contributed by atoms with van der Waals surface area (Å²) < 4.78 is 25.5. The molecule has 2 N–H and O–H groups in total. The van der Waals surface area contributed by atoms with Crippen molar-refractivity contribution in [2.75, 3.05) is 19.3 Å². The Labute approximate surface area is 86.5 Å². The third-order valence-corrected chi connectivity index (χ3v) is 3.97. The first-order valence-electron chi connectivity index (χ1n) is 5.18. The van der Waals surface area contributed by atoms with Crippen LogP contribution in [0.4, 0.5) is 0 Å². The van der Waals surface area contributed by atoms with E-state index in [4.69, 9.17) is 0 Å². The van der Waals surface area contributed by atoms with E-state index in [1.165, 1.54) is 12.8 Å². The molecule has 0 heterocycles. The molecule has 0 radical (unpaired) electrons. The van der Waals surface area contributed by atoms with Crippen molar-refractivity contribution >= 4 is 10.0 Å². The molecule has 0 aromatic heterocycles. The van der Waals surface area contributed by atoms with Crippen LogP contribution in [0.3, 0.4) is 0 Å². The van der Waals surface area contributed by atoms with E-state index in [1.54, 1.807) is 0 Å². The van der Waals surface area contributed by atoms with Gasteiger partial charge in [0.05, 0.1) is 5.75 Å². The molecule has 5 heteroatoms. The number of hydrogen-bond donors (Lipinski definition) is 2. The highest BCUT2D eigenvalue weighted by Crippen LogP contribution is 2.32. The highest BCUT2D eigenvalue weighted by molar-refractivity contribution is 7.89. The molecule has 14 heavy (non-hydrogen) atoms. The van der Waals surface area contributed by atoms with Gasteiger partial charge >= 0.3 is 0 Å². The van der Waals surface area contributed by atoms with E-state index in [0.717, 1.165) is 6.42 Å². The average Bonchev–Trinajstić information content (AvgIpc) is 2.95. The van der Waals surface area contributed by atoms with Gasteiger partial charge in [-0.25, -0.2) is 13.1 Å². The van der Waals surface area contributed by atoms with Crippen LogP contribution in [-0.2, 0) is 10.0 Å². The number of likely N-dealkylation sites (N-methyl/N-ethyl adjacent to an activating group) is 1. The lowest BCUT2D eigenvalue weighted by Crippen LogP contribution is -2.38. The Bertz CT molecular complexity index is 260. The summed E-state index contributed by atoms with van der Waals surface area (Å²) in [5.41, 5.74) is 0. The second kappa shape index (κ2) is 5.09. The quantitative estimate of drug-likeness (QED) is 0.649. The van der Waals surface area contributed by atoms with Crippen LogP contribution < -0.4 is 10.0 Å². The average molecular weight is 220 g/mol. The molecule has 1 saturated carbocycles. The van der Waals surface area contributed by atoms with Gasteiger partial charge in [0, 0.05) is 12.6 Å². The van der Waals surface area contributed by atoms with Gasteiger partial charge in [0.15, 0.2) is 0 Å². The molecule has 1 unspecified atom stereocenters. The number of rotatable bonds is 7. The standard InChI is InChI=1S/C9H20N2O2S/c1-8(10-2)7-11-14(12,13)6-5-9-3-4-9/h8-11H,3-7H2,1-2H3. The Morgan fingerprint density at radius 1 is 1.43 bits per heavy atom. The van der Waals surface area contributed by atoms with Crippen molar-refractivity contribution in [3.63, 3.8) is 0 Å². The molecule has 0 saturated heterocycles. The van der Waals surface area contributed by atoms with Gasteiger partial charge in [0.1, 0.15) is 0 Å². The maximum Gasteiger partial charge on any atom is 0.211 e. The van der Waals surface area contributed by atoms with Crippen LogP contribution in [0.15, 0.2) is 0 Å². The lowest BCUT2D eigenvalue weighted by molar-refractivity contribution is 0.551. The molecule has 1 fully saturated rings. The van der Waals surface area contributed by atoms with Gasteiger partial charge in [0.2, 0.25) is 10.0 Å². The molecule has 0 aromatic carbocycles. The van der Waals surface area contributed by atoms with Gasteiger partial charge in [-0.1, -0.05) is 12.8 Å². The van der Waals surface area contributed by atoms with Crippen LogP contribution in [0.1, 0.15) is 26.2 Å². The SMILES string of the molecule is CNC(C)CNS(=O)(=O)CCC1CC1. The topological polar surface area (TPSA) is 58.2 Å². The Morgan fingerprint density at radius 2 is 2.07 bits per heavy atom. The second-order valence-electron chi connectivity index (χ2n) is 4.09. The van der Waals surface area contributed by atoms with Crippen LogP contribution in [-0.4, -0.2) is 33.8 Å². The Hall–Kier alpha value is -0.130. The van der Waals surface area contributed by atoms with Crippen LogP contribution in [0.2, 0.25) is 0 Å². The van der Waals surface area contributed by atoms with E-state index in [0.29, 0.717) is 12.5 Å². The summed E-state index contributed by atoms with van der Waals surface area (Å²) in [7, 11) is -1.21. The van der Waals surface area contributed by atoms with Crippen molar-refractivity contribution < 1.29 is 8.42 Å². The maximum absolute atomic E-state index is 11.4. The molecule has 0 bridgehead atoms. The molecule has 1 aliphatic carbocycles. The Morgan fingerprint density at radius 3 is 2.57 bits per heavy atom.